The average molecular weight is 255 g/mol. The number of amides is 1. The number of nitrogens with one attached hydrogen (secondary N) is 1. The van der Waals surface area contributed by atoms with Crippen molar-refractivity contribution in [3.8, 4) is 5.75 Å². The van der Waals surface area contributed by atoms with Gasteiger partial charge in [0, 0.05) is 5.02 Å². The molecule has 1 fully saturated rings. The summed E-state index contributed by atoms with van der Waals surface area (Å²) in [7, 11) is 0. The zero-order chi connectivity index (χ0) is 12.3. The number of hydrogen-bond acceptors (Lipinski definition) is 3. The maximum atomic E-state index is 11.5. The van der Waals surface area contributed by atoms with Gasteiger partial charge in [-0.25, -0.2) is 0 Å². The molecule has 2 rings (SSSR count). The van der Waals surface area contributed by atoms with Crippen molar-refractivity contribution in [3.63, 3.8) is 0 Å². The lowest BCUT2D eigenvalue weighted by Crippen LogP contribution is -2.44. The molecule has 5 heteroatoms. The van der Waals surface area contributed by atoms with Gasteiger partial charge in [-0.1, -0.05) is 17.7 Å². The topological polar surface area (TPSA) is 64.4 Å². The standard InChI is InChI=1S/C12H15ClN2O2/c13-9-2-1-3-10(8-9)17-7-6-15-11(16)12(14)4-5-12/h1-3,8H,4-7,14H2,(H,15,16). The third-order valence-corrected chi connectivity index (χ3v) is 2.93. The quantitative estimate of drug-likeness (QED) is 0.779. The number of benzene rings is 1. The SMILES string of the molecule is NC1(C(=O)NCCOc2cccc(Cl)c2)CC1. The summed E-state index contributed by atoms with van der Waals surface area (Å²) < 4.78 is 5.43. The molecule has 0 saturated heterocycles. The fourth-order valence-electron chi connectivity index (χ4n) is 1.43. The highest BCUT2D eigenvalue weighted by Gasteiger charge is 2.45. The molecule has 1 aliphatic carbocycles. The summed E-state index contributed by atoms with van der Waals surface area (Å²) in [5.41, 5.74) is 5.12. The van der Waals surface area contributed by atoms with Crippen molar-refractivity contribution in [3.05, 3.63) is 29.3 Å². The molecular formula is C12H15ClN2O2. The predicted molar refractivity (Wildman–Crippen MR) is 66.1 cm³/mol. The van der Waals surface area contributed by atoms with Crippen LogP contribution < -0.4 is 15.8 Å². The lowest BCUT2D eigenvalue weighted by molar-refractivity contribution is -0.123. The minimum absolute atomic E-state index is 0.0906. The Kier molecular flexibility index (Phi) is 3.54. The normalized spacial score (nSPS) is 16.4. The first kappa shape index (κ1) is 12.2. The Balaban J connectivity index is 1.68. The molecule has 0 unspecified atom stereocenters. The molecule has 0 atom stereocenters. The van der Waals surface area contributed by atoms with Crippen LogP contribution in [0.25, 0.3) is 0 Å². The second kappa shape index (κ2) is 4.94. The van der Waals surface area contributed by atoms with E-state index in [1.807, 2.05) is 12.1 Å². The van der Waals surface area contributed by atoms with Gasteiger partial charge in [-0.15, -0.1) is 0 Å². The Bertz CT molecular complexity index is 419. The van der Waals surface area contributed by atoms with Gasteiger partial charge < -0.3 is 15.8 Å². The molecule has 0 aromatic heterocycles. The van der Waals surface area contributed by atoms with Gasteiger partial charge >= 0.3 is 0 Å². The van der Waals surface area contributed by atoms with Crippen molar-refractivity contribution >= 4 is 17.5 Å². The molecule has 1 aliphatic rings. The van der Waals surface area contributed by atoms with Crippen molar-refractivity contribution in [1.29, 1.82) is 0 Å². The van der Waals surface area contributed by atoms with E-state index in [2.05, 4.69) is 5.32 Å². The van der Waals surface area contributed by atoms with E-state index in [9.17, 15) is 4.79 Å². The number of hydrogen-bond donors (Lipinski definition) is 2. The smallest absolute Gasteiger partial charge is 0.240 e. The zero-order valence-corrected chi connectivity index (χ0v) is 10.2. The first-order valence-corrected chi connectivity index (χ1v) is 5.93. The Hall–Kier alpha value is -1.26. The maximum Gasteiger partial charge on any atom is 0.240 e. The Labute approximate surface area is 105 Å². The van der Waals surface area contributed by atoms with Crippen molar-refractivity contribution in [2.75, 3.05) is 13.2 Å². The Morgan fingerprint density at radius 2 is 2.29 bits per heavy atom. The molecule has 4 nitrogen and oxygen atoms in total. The number of halogens is 1. The number of carbonyl (C=O) groups excluding carboxylic acids is 1. The van der Waals surface area contributed by atoms with Gasteiger partial charge in [0.05, 0.1) is 12.1 Å². The van der Waals surface area contributed by atoms with Gasteiger partial charge in [-0.05, 0) is 31.0 Å². The van der Waals surface area contributed by atoms with Gasteiger partial charge in [0.15, 0.2) is 0 Å². The fourth-order valence-corrected chi connectivity index (χ4v) is 1.61. The lowest BCUT2D eigenvalue weighted by Gasteiger charge is -2.10. The van der Waals surface area contributed by atoms with Gasteiger partial charge in [0.25, 0.3) is 0 Å². The van der Waals surface area contributed by atoms with Gasteiger partial charge in [-0.2, -0.15) is 0 Å². The van der Waals surface area contributed by atoms with Gasteiger partial charge in [0.2, 0.25) is 5.91 Å². The van der Waals surface area contributed by atoms with E-state index < -0.39 is 5.54 Å². The highest BCUT2D eigenvalue weighted by Crippen LogP contribution is 2.31. The first-order chi connectivity index (χ1) is 8.10. The molecule has 0 heterocycles. The molecule has 0 radical (unpaired) electrons. The summed E-state index contributed by atoms with van der Waals surface area (Å²) >= 11 is 5.81. The second-order valence-corrected chi connectivity index (χ2v) is 4.65. The molecule has 0 spiro atoms. The van der Waals surface area contributed by atoms with E-state index in [1.54, 1.807) is 12.1 Å². The summed E-state index contributed by atoms with van der Waals surface area (Å²) in [5.74, 6) is 0.604. The molecule has 1 saturated carbocycles. The van der Waals surface area contributed by atoms with E-state index in [1.165, 1.54) is 0 Å². The summed E-state index contributed by atoms with van der Waals surface area (Å²) in [6.45, 7) is 0.854. The highest BCUT2D eigenvalue weighted by molar-refractivity contribution is 6.30. The van der Waals surface area contributed by atoms with Gasteiger partial charge in [0.1, 0.15) is 12.4 Å². The van der Waals surface area contributed by atoms with Crippen LogP contribution in [0, 0.1) is 0 Å². The molecule has 0 aliphatic heterocycles. The monoisotopic (exact) mass is 254 g/mol. The van der Waals surface area contributed by atoms with E-state index in [0.717, 1.165) is 12.8 Å². The Morgan fingerprint density at radius 1 is 1.53 bits per heavy atom. The molecule has 92 valence electrons. The van der Waals surface area contributed by atoms with Crippen LogP contribution in [0.5, 0.6) is 5.75 Å². The van der Waals surface area contributed by atoms with E-state index >= 15 is 0 Å². The first-order valence-electron chi connectivity index (χ1n) is 5.56. The largest absolute Gasteiger partial charge is 0.492 e. The molecule has 3 N–H and O–H groups in total. The third kappa shape index (κ3) is 3.35. The zero-order valence-electron chi connectivity index (χ0n) is 9.41. The highest BCUT2D eigenvalue weighted by atomic mass is 35.5. The molecule has 17 heavy (non-hydrogen) atoms. The van der Waals surface area contributed by atoms with Crippen LogP contribution >= 0.6 is 11.6 Å². The van der Waals surface area contributed by atoms with Gasteiger partial charge in [-0.3, -0.25) is 4.79 Å². The minimum Gasteiger partial charge on any atom is -0.492 e. The number of carbonyl (C=O) groups is 1. The molecule has 1 amide bonds. The van der Waals surface area contributed by atoms with Crippen molar-refractivity contribution in [2.45, 2.75) is 18.4 Å². The van der Waals surface area contributed by atoms with Crippen LogP contribution in [0.4, 0.5) is 0 Å². The van der Waals surface area contributed by atoms with Crippen LogP contribution in [0.15, 0.2) is 24.3 Å². The molecule has 1 aromatic carbocycles. The number of ether oxygens (including phenoxy) is 1. The summed E-state index contributed by atoms with van der Waals surface area (Å²) in [5, 5.41) is 3.38. The Morgan fingerprint density at radius 3 is 2.94 bits per heavy atom. The molecule has 0 bridgehead atoms. The summed E-state index contributed by atoms with van der Waals surface area (Å²) in [6, 6.07) is 7.14. The number of nitrogens with two attached hydrogens (primary N) is 1. The third-order valence-electron chi connectivity index (χ3n) is 2.69. The minimum atomic E-state index is -0.615. The fraction of sp³-hybridized carbons (Fsp3) is 0.417. The van der Waals surface area contributed by atoms with Crippen LogP contribution in [0.1, 0.15) is 12.8 Å². The van der Waals surface area contributed by atoms with E-state index in [-0.39, 0.29) is 5.91 Å². The maximum absolute atomic E-state index is 11.5. The summed E-state index contributed by atoms with van der Waals surface area (Å²) in [4.78, 5) is 11.5. The predicted octanol–water partition coefficient (Wildman–Crippen LogP) is 1.33. The van der Waals surface area contributed by atoms with Crippen molar-refractivity contribution in [2.24, 2.45) is 5.73 Å². The lowest BCUT2D eigenvalue weighted by atomic mass is 10.3. The van der Waals surface area contributed by atoms with E-state index in [4.69, 9.17) is 22.1 Å². The summed E-state index contributed by atoms with van der Waals surface area (Å²) in [6.07, 6.45) is 1.54. The van der Waals surface area contributed by atoms with Crippen molar-refractivity contribution in [1.82, 2.24) is 5.32 Å². The average Bonchev–Trinajstić information content (AvgIpc) is 3.04. The van der Waals surface area contributed by atoms with Crippen LogP contribution in [-0.4, -0.2) is 24.6 Å². The van der Waals surface area contributed by atoms with Crippen LogP contribution in [-0.2, 0) is 4.79 Å². The number of rotatable bonds is 5. The van der Waals surface area contributed by atoms with Crippen LogP contribution in [0.3, 0.4) is 0 Å². The molecule has 1 aromatic rings. The van der Waals surface area contributed by atoms with E-state index in [0.29, 0.717) is 23.9 Å². The van der Waals surface area contributed by atoms with Crippen molar-refractivity contribution < 1.29 is 9.53 Å². The molecular weight excluding hydrogens is 240 g/mol. The second-order valence-electron chi connectivity index (χ2n) is 4.22. The van der Waals surface area contributed by atoms with Crippen LogP contribution in [0.2, 0.25) is 5.02 Å².